The topological polar surface area (TPSA) is 69.7 Å². The standard InChI is InChI=1S/C15H22O5/c1-4-9-15(13(17)19-2,14(18)20-3)11-7-5-6-8-12(16)10-11/h4,11H,1,5-10H2,2-3H3. The maximum Gasteiger partial charge on any atom is 0.323 e. The molecule has 5 heteroatoms. The third kappa shape index (κ3) is 3.08. The van der Waals surface area contributed by atoms with Crippen LogP contribution in [-0.4, -0.2) is 31.9 Å². The van der Waals surface area contributed by atoms with Crippen molar-refractivity contribution in [1.82, 2.24) is 0 Å². The van der Waals surface area contributed by atoms with E-state index in [1.165, 1.54) is 20.3 Å². The Hall–Kier alpha value is -1.65. The molecule has 0 heterocycles. The zero-order valence-corrected chi connectivity index (χ0v) is 12.1. The molecule has 0 N–H and O–H groups in total. The molecule has 0 aromatic rings. The summed E-state index contributed by atoms with van der Waals surface area (Å²) in [4.78, 5) is 36.4. The molecule has 20 heavy (non-hydrogen) atoms. The zero-order valence-electron chi connectivity index (χ0n) is 12.1. The molecule has 1 aliphatic rings. The Morgan fingerprint density at radius 2 is 1.90 bits per heavy atom. The van der Waals surface area contributed by atoms with Crippen LogP contribution in [-0.2, 0) is 23.9 Å². The van der Waals surface area contributed by atoms with E-state index in [0.717, 1.165) is 12.8 Å². The maximum absolute atomic E-state index is 12.3. The molecule has 1 rings (SSSR count). The number of hydrogen-bond donors (Lipinski definition) is 0. The van der Waals surface area contributed by atoms with Crippen molar-refractivity contribution in [3.8, 4) is 0 Å². The Bertz CT molecular complexity index is 383. The van der Waals surface area contributed by atoms with Crippen molar-refractivity contribution in [1.29, 1.82) is 0 Å². The Kier molecular flexibility index (Phi) is 5.92. The van der Waals surface area contributed by atoms with Gasteiger partial charge in [-0.1, -0.05) is 12.5 Å². The first-order valence-electron chi connectivity index (χ1n) is 6.82. The lowest BCUT2D eigenvalue weighted by Gasteiger charge is -2.34. The minimum Gasteiger partial charge on any atom is -0.468 e. The molecule has 1 fully saturated rings. The van der Waals surface area contributed by atoms with Gasteiger partial charge in [-0.05, 0) is 25.2 Å². The highest BCUT2D eigenvalue weighted by molar-refractivity contribution is 6.01. The third-order valence-electron chi connectivity index (χ3n) is 3.99. The highest BCUT2D eigenvalue weighted by Gasteiger charge is 2.53. The average molecular weight is 282 g/mol. The van der Waals surface area contributed by atoms with E-state index in [-0.39, 0.29) is 18.6 Å². The Balaban J connectivity index is 3.24. The fourth-order valence-corrected chi connectivity index (χ4v) is 2.95. The van der Waals surface area contributed by atoms with Gasteiger partial charge in [0.25, 0.3) is 0 Å². The summed E-state index contributed by atoms with van der Waals surface area (Å²) in [6, 6.07) is 0. The SMILES string of the molecule is C=CCC(C(=O)OC)(C(=O)OC)C1CCCCC(=O)C1. The monoisotopic (exact) mass is 282 g/mol. The second-order valence-electron chi connectivity index (χ2n) is 5.13. The van der Waals surface area contributed by atoms with Crippen LogP contribution in [0.2, 0.25) is 0 Å². The molecule has 0 saturated heterocycles. The molecule has 0 spiro atoms. The molecule has 0 bridgehead atoms. The van der Waals surface area contributed by atoms with Gasteiger partial charge >= 0.3 is 11.9 Å². The van der Waals surface area contributed by atoms with Gasteiger partial charge in [-0.2, -0.15) is 0 Å². The Morgan fingerprint density at radius 1 is 1.30 bits per heavy atom. The van der Waals surface area contributed by atoms with Crippen LogP contribution >= 0.6 is 0 Å². The smallest absolute Gasteiger partial charge is 0.323 e. The number of carbonyl (C=O) groups is 3. The average Bonchev–Trinajstić information content (AvgIpc) is 2.67. The molecule has 112 valence electrons. The molecule has 0 aromatic carbocycles. The molecule has 0 aromatic heterocycles. The van der Waals surface area contributed by atoms with Crippen molar-refractivity contribution in [3.05, 3.63) is 12.7 Å². The molecule has 0 radical (unpaired) electrons. The highest BCUT2D eigenvalue weighted by atomic mass is 16.5. The minimum absolute atomic E-state index is 0.0775. The van der Waals surface area contributed by atoms with Crippen LogP contribution in [0.3, 0.4) is 0 Å². The molecule has 5 nitrogen and oxygen atoms in total. The normalized spacial score (nSPS) is 19.9. The van der Waals surface area contributed by atoms with Crippen molar-refractivity contribution >= 4 is 17.7 Å². The van der Waals surface area contributed by atoms with E-state index in [1.54, 1.807) is 0 Å². The molecule has 0 amide bonds. The predicted octanol–water partition coefficient (Wildman–Crippen LogP) is 2.04. The fourth-order valence-electron chi connectivity index (χ4n) is 2.95. The lowest BCUT2D eigenvalue weighted by Crippen LogP contribution is -2.47. The van der Waals surface area contributed by atoms with Crippen LogP contribution < -0.4 is 0 Å². The fraction of sp³-hybridized carbons (Fsp3) is 0.667. The van der Waals surface area contributed by atoms with Gasteiger partial charge in [0.2, 0.25) is 0 Å². The largest absolute Gasteiger partial charge is 0.468 e. The van der Waals surface area contributed by atoms with Crippen LogP contribution in [0.5, 0.6) is 0 Å². The van der Waals surface area contributed by atoms with Crippen molar-refractivity contribution in [2.24, 2.45) is 11.3 Å². The highest BCUT2D eigenvalue weighted by Crippen LogP contribution is 2.42. The second kappa shape index (κ2) is 7.22. The number of ether oxygens (including phenoxy) is 2. The van der Waals surface area contributed by atoms with Crippen molar-refractivity contribution in [3.63, 3.8) is 0 Å². The van der Waals surface area contributed by atoms with Gasteiger partial charge in [0.05, 0.1) is 14.2 Å². The Labute approximate surface area is 119 Å². The van der Waals surface area contributed by atoms with Crippen LogP contribution in [0, 0.1) is 11.3 Å². The first-order chi connectivity index (χ1) is 9.52. The van der Waals surface area contributed by atoms with E-state index in [9.17, 15) is 14.4 Å². The molecular weight excluding hydrogens is 260 g/mol. The first kappa shape index (κ1) is 16.4. The van der Waals surface area contributed by atoms with Crippen LogP contribution in [0.25, 0.3) is 0 Å². The number of hydrogen-bond acceptors (Lipinski definition) is 5. The maximum atomic E-state index is 12.3. The third-order valence-corrected chi connectivity index (χ3v) is 3.99. The van der Waals surface area contributed by atoms with E-state index in [1.807, 2.05) is 0 Å². The lowest BCUT2D eigenvalue weighted by molar-refractivity contribution is -0.174. The first-order valence-corrected chi connectivity index (χ1v) is 6.82. The second-order valence-corrected chi connectivity index (χ2v) is 5.13. The lowest BCUT2D eigenvalue weighted by atomic mass is 9.69. The molecule has 1 saturated carbocycles. The summed E-state index contributed by atoms with van der Waals surface area (Å²) in [5.74, 6) is -1.61. The molecular formula is C15H22O5. The quantitative estimate of drug-likeness (QED) is 0.334. The zero-order chi connectivity index (χ0) is 15.2. The number of carbonyl (C=O) groups excluding carboxylic acids is 3. The minimum atomic E-state index is -1.45. The summed E-state index contributed by atoms with van der Waals surface area (Å²) in [6.45, 7) is 3.62. The van der Waals surface area contributed by atoms with Gasteiger partial charge < -0.3 is 9.47 Å². The van der Waals surface area contributed by atoms with Gasteiger partial charge in [0.15, 0.2) is 5.41 Å². The van der Waals surface area contributed by atoms with Crippen molar-refractivity contribution in [2.45, 2.75) is 38.5 Å². The van der Waals surface area contributed by atoms with E-state index in [4.69, 9.17) is 9.47 Å². The number of rotatable bonds is 5. The summed E-state index contributed by atoms with van der Waals surface area (Å²) in [5, 5.41) is 0. The van der Waals surface area contributed by atoms with E-state index >= 15 is 0 Å². The van der Waals surface area contributed by atoms with E-state index in [2.05, 4.69) is 6.58 Å². The Morgan fingerprint density at radius 3 is 2.40 bits per heavy atom. The number of Topliss-reactive ketones (excluding diaryl/α,β-unsaturated/α-hetero) is 1. The number of allylic oxidation sites excluding steroid dienone is 1. The predicted molar refractivity (Wildman–Crippen MR) is 72.9 cm³/mol. The summed E-state index contributed by atoms with van der Waals surface area (Å²) >= 11 is 0. The molecule has 1 unspecified atom stereocenters. The molecule has 1 aliphatic carbocycles. The van der Waals surface area contributed by atoms with E-state index in [0.29, 0.717) is 12.8 Å². The summed E-state index contributed by atoms with van der Waals surface area (Å²) in [7, 11) is 2.48. The number of ketones is 1. The summed E-state index contributed by atoms with van der Waals surface area (Å²) < 4.78 is 9.64. The van der Waals surface area contributed by atoms with Gasteiger partial charge in [-0.25, -0.2) is 0 Å². The molecule has 1 atom stereocenters. The van der Waals surface area contributed by atoms with Gasteiger partial charge in [-0.3, -0.25) is 14.4 Å². The van der Waals surface area contributed by atoms with Crippen LogP contribution in [0.15, 0.2) is 12.7 Å². The number of esters is 2. The van der Waals surface area contributed by atoms with Gasteiger partial charge in [-0.15, -0.1) is 6.58 Å². The summed E-state index contributed by atoms with van der Waals surface area (Å²) in [5.41, 5.74) is -1.45. The van der Waals surface area contributed by atoms with Crippen LogP contribution in [0.4, 0.5) is 0 Å². The summed E-state index contributed by atoms with van der Waals surface area (Å²) in [6.07, 6.45) is 4.56. The van der Waals surface area contributed by atoms with Gasteiger partial charge in [0, 0.05) is 12.8 Å². The van der Waals surface area contributed by atoms with Gasteiger partial charge in [0.1, 0.15) is 5.78 Å². The van der Waals surface area contributed by atoms with E-state index < -0.39 is 23.3 Å². The van der Waals surface area contributed by atoms with Crippen molar-refractivity contribution < 1.29 is 23.9 Å². The molecule has 0 aliphatic heterocycles. The number of methoxy groups -OCH3 is 2. The van der Waals surface area contributed by atoms with Crippen LogP contribution in [0.1, 0.15) is 38.5 Å². The van der Waals surface area contributed by atoms with Crippen molar-refractivity contribution in [2.75, 3.05) is 14.2 Å².